The van der Waals surface area contributed by atoms with Crippen LogP contribution in [0.2, 0.25) is 0 Å². The molecule has 1 aliphatic rings. The fourth-order valence-electron chi connectivity index (χ4n) is 2.82. The number of thiazole rings is 1. The van der Waals surface area contributed by atoms with Gasteiger partial charge in [0.2, 0.25) is 0 Å². The summed E-state index contributed by atoms with van der Waals surface area (Å²) in [7, 11) is 0. The molecule has 2 aromatic rings. The van der Waals surface area contributed by atoms with Crippen molar-refractivity contribution in [3.05, 3.63) is 46.7 Å². The Morgan fingerprint density at radius 3 is 3.16 bits per heavy atom. The number of piperidine rings is 1. The second-order valence-electron chi connectivity index (χ2n) is 5.24. The van der Waals surface area contributed by atoms with Crippen LogP contribution in [-0.2, 0) is 13.0 Å². The zero-order valence-corrected chi connectivity index (χ0v) is 11.9. The van der Waals surface area contributed by atoms with E-state index in [9.17, 15) is 0 Å². The standard InChI is InChI=1S/C15H19N3S/c1-2-6-17-14(5-1)8-13-4-3-7-18(10-13)11-15-9-16-12-19-15/h1-2,5-6,9,12-13H,3-4,7-8,10-11H2. The zero-order valence-electron chi connectivity index (χ0n) is 11.0. The number of nitrogens with zero attached hydrogens (tertiary/aromatic N) is 3. The molecule has 0 spiro atoms. The number of hydrogen-bond donors (Lipinski definition) is 0. The molecule has 3 nitrogen and oxygen atoms in total. The van der Waals surface area contributed by atoms with E-state index >= 15 is 0 Å². The van der Waals surface area contributed by atoms with Gasteiger partial charge >= 0.3 is 0 Å². The van der Waals surface area contributed by atoms with E-state index in [0.29, 0.717) is 0 Å². The fraction of sp³-hybridized carbons (Fsp3) is 0.467. The summed E-state index contributed by atoms with van der Waals surface area (Å²) in [5.41, 5.74) is 3.15. The van der Waals surface area contributed by atoms with Crippen LogP contribution < -0.4 is 0 Å². The summed E-state index contributed by atoms with van der Waals surface area (Å²) >= 11 is 1.76. The maximum atomic E-state index is 4.45. The number of hydrogen-bond acceptors (Lipinski definition) is 4. The molecule has 3 heterocycles. The van der Waals surface area contributed by atoms with Crippen LogP contribution in [0.3, 0.4) is 0 Å². The molecule has 0 aliphatic carbocycles. The van der Waals surface area contributed by atoms with Crippen molar-refractivity contribution in [2.75, 3.05) is 13.1 Å². The van der Waals surface area contributed by atoms with Gasteiger partial charge in [0.25, 0.3) is 0 Å². The van der Waals surface area contributed by atoms with Crippen molar-refractivity contribution in [2.24, 2.45) is 5.92 Å². The molecule has 0 aromatic carbocycles. The third-order valence-electron chi connectivity index (χ3n) is 3.69. The summed E-state index contributed by atoms with van der Waals surface area (Å²) < 4.78 is 0. The van der Waals surface area contributed by atoms with E-state index in [1.165, 1.54) is 36.5 Å². The van der Waals surface area contributed by atoms with E-state index in [1.807, 2.05) is 24.0 Å². The lowest BCUT2D eigenvalue weighted by Crippen LogP contribution is -2.35. The molecular weight excluding hydrogens is 254 g/mol. The molecule has 1 atom stereocenters. The molecule has 1 unspecified atom stereocenters. The number of rotatable bonds is 4. The minimum absolute atomic E-state index is 0.747. The Bertz CT molecular complexity index is 483. The summed E-state index contributed by atoms with van der Waals surface area (Å²) in [6.07, 6.45) is 7.63. The number of pyridine rings is 1. The molecule has 0 bridgehead atoms. The predicted octanol–water partition coefficient (Wildman–Crippen LogP) is 2.99. The molecule has 0 N–H and O–H groups in total. The van der Waals surface area contributed by atoms with Crippen LogP contribution in [0, 0.1) is 5.92 Å². The Balaban J connectivity index is 1.56. The van der Waals surface area contributed by atoms with E-state index in [2.05, 4.69) is 27.0 Å². The van der Waals surface area contributed by atoms with E-state index < -0.39 is 0 Å². The minimum atomic E-state index is 0.747. The van der Waals surface area contributed by atoms with Gasteiger partial charge in [-0.1, -0.05) is 6.07 Å². The summed E-state index contributed by atoms with van der Waals surface area (Å²) in [6, 6.07) is 6.21. The SMILES string of the molecule is c1ccc(CC2CCCN(Cc3cncs3)C2)nc1. The first-order chi connectivity index (χ1) is 9.40. The molecule has 0 radical (unpaired) electrons. The highest BCUT2D eigenvalue weighted by molar-refractivity contribution is 7.09. The monoisotopic (exact) mass is 273 g/mol. The van der Waals surface area contributed by atoms with E-state index in [0.717, 1.165) is 18.9 Å². The summed E-state index contributed by atoms with van der Waals surface area (Å²) in [6.45, 7) is 3.47. The second kappa shape index (κ2) is 6.26. The molecule has 19 heavy (non-hydrogen) atoms. The van der Waals surface area contributed by atoms with Crippen molar-refractivity contribution in [2.45, 2.75) is 25.8 Å². The highest BCUT2D eigenvalue weighted by atomic mass is 32.1. The van der Waals surface area contributed by atoms with Gasteiger partial charge in [0, 0.05) is 36.1 Å². The summed E-state index contributed by atoms with van der Waals surface area (Å²) in [4.78, 5) is 12.5. The van der Waals surface area contributed by atoms with Gasteiger partial charge < -0.3 is 0 Å². The molecule has 3 rings (SSSR count). The van der Waals surface area contributed by atoms with Crippen LogP contribution in [0.4, 0.5) is 0 Å². The van der Waals surface area contributed by atoms with Gasteiger partial charge in [-0.05, 0) is 43.9 Å². The number of aromatic nitrogens is 2. The molecule has 1 fully saturated rings. The first-order valence-electron chi connectivity index (χ1n) is 6.90. The summed E-state index contributed by atoms with van der Waals surface area (Å²) in [5, 5.41) is 0. The van der Waals surface area contributed by atoms with Gasteiger partial charge in [-0.3, -0.25) is 14.9 Å². The third kappa shape index (κ3) is 3.61. The molecule has 0 amide bonds. The van der Waals surface area contributed by atoms with Gasteiger partial charge in [-0.15, -0.1) is 11.3 Å². The normalized spacial score (nSPS) is 20.5. The molecule has 100 valence electrons. The van der Waals surface area contributed by atoms with Crippen LogP contribution in [0.15, 0.2) is 36.1 Å². The maximum Gasteiger partial charge on any atom is 0.0794 e. The lowest BCUT2D eigenvalue weighted by Gasteiger charge is -2.32. The van der Waals surface area contributed by atoms with Gasteiger partial charge in [0.05, 0.1) is 5.51 Å². The third-order valence-corrected chi connectivity index (χ3v) is 4.45. The van der Waals surface area contributed by atoms with Crippen molar-refractivity contribution >= 4 is 11.3 Å². The van der Waals surface area contributed by atoms with E-state index in [1.54, 1.807) is 11.3 Å². The Labute approximate surface area is 118 Å². The Morgan fingerprint density at radius 2 is 2.37 bits per heavy atom. The van der Waals surface area contributed by atoms with Crippen molar-refractivity contribution in [1.29, 1.82) is 0 Å². The van der Waals surface area contributed by atoms with Crippen molar-refractivity contribution < 1.29 is 0 Å². The van der Waals surface area contributed by atoms with Gasteiger partial charge in [0.15, 0.2) is 0 Å². The number of likely N-dealkylation sites (tertiary alicyclic amines) is 1. The molecule has 1 saturated heterocycles. The van der Waals surface area contributed by atoms with E-state index in [4.69, 9.17) is 0 Å². The second-order valence-corrected chi connectivity index (χ2v) is 6.21. The molecule has 0 saturated carbocycles. The first-order valence-corrected chi connectivity index (χ1v) is 7.78. The van der Waals surface area contributed by atoms with Crippen LogP contribution >= 0.6 is 11.3 Å². The van der Waals surface area contributed by atoms with Crippen LogP contribution in [0.25, 0.3) is 0 Å². The summed E-state index contributed by atoms with van der Waals surface area (Å²) in [5.74, 6) is 0.747. The average Bonchev–Trinajstić information content (AvgIpc) is 2.93. The highest BCUT2D eigenvalue weighted by Crippen LogP contribution is 2.22. The lowest BCUT2D eigenvalue weighted by molar-refractivity contribution is 0.167. The van der Waals surface area contributed by atoms with Crippen LogP contribution in [0.1, 0.15) is 23.4 Å². The quantitative estimate of drug-likeness (QED) is 0.857. The first kappa shape index (κ1) is 12.8. The molecule has 1 aliphatic heterocycles. The van der Waals surface area contributed by atoms with Crippen LogP contribution in [0.5, 0.6) is 0 Å². The molecule has 4 heteroatoms. The van der Waals surface area contributed by atoms with Crippen molar-refractivity contribution in [3.63, 3.8) is 0 Å². The molecular formula is C15H19N3S. The van der Waals surface area contributed by atoms with E-state index in [-0.39, 0.29) is 0 Å². The Hall–Kier alpha value is -1.26. The molecule has 2 aromatic heterocycles. The Morgan fingerprint density at radius 1 is 1.37 bits per heavy atom. The van der Waals surface area contributed by atoms with Gasteiger partial charge in [-0.25, -0.2) is 0 Å². The Kier molecular flexibility index (Phi) is 4.20. The van der Waals surface area contributed by atoms with Gasteiger partial charge in [0.1, 0.15) is 0 Å². The van der Waals surface area contributed by atoms with Crippen molar-refractivity contribution in [1.82, 2.24) is 14.9 Å². The topological polar surface area (TPSA) is 29.0 Å². The van der Waals surface area contributed by atoms with Gasteiger partial charge in [-0.2, -0.15) is 0 Å². The minimum Gasteiger partial charge on any atom is -0.298 e. The maximum absolute atomic E-state index is 4.45. The fourth-order valence-corrected chi connectivity index (χ4v) is 3.45. The zero-order chi connectivity index (χ0) is 12.9. The highest BCUT2D eigenvalue weighted by Gasteiger charge is 2.20. The lowest BCUT2D eigenvalue weighted by atomic mass is 9.93. The van der Waals surface area contributed by atoms with Crippen LogP contribution in [-0.4, -0.2) is 28.0 Å². The van der Waals surface area contributed by atoms with Crippen molar-refractivity contribution in [3.8, 4) is 0 Å². The smallest absolute Gasteiger partial charge is 0.0794 e. The predicted molar refractivity (Wildman–Crippen MR) is 78.1 cm³/mol. The average molecular weight is 273 g/mol. The largest absolute Gasteiger partial charge is 0.298 e.